The van der Waals surface area contributed by atoms with Crippen molar-refractivity contribution in [1.82, 2.24) is 0 Å². The van der Waals surface area contributed by atoms with Crippen LogP contribution in [0.1, 0.15) is 0 Å². The molecule has 0 aromatic carbocycles. The zero-order valence-electron chi connectivity index (χ0n) is 10.2. The van der Waals surface area contributed by atoms with Crippen molar-refractivity contribution in [3.63, 3.8) is 0 Å². The Morgan fingerprint density at radius 2 is 0.526 bits per heavy atom. The van der Waals surface area contributed by atoms with Gasteiger partial charge in [0, 0.05) is 26.2 Å². The first-order valence-electron chi connectivity index (χ1n) is 3.53. The molecule has 0 saturated carbocycles. The normalized spacial score (nSPS) is 3.58. The van der Waals surface area contributed by atoms with E-state index in [2.05, 4.69) is 0 Å². The van der Waals surface area contributed by atoms with E-state index in [1.54, 1.807) is 0 Å². The van der Waals surface area contributed by atoms with Crippen LogP contribution < -0.4 is 22.9 Å². The fourth-order valence-electron chi connectivity index (χ4n) is 0. The van der Waals surface area contributed by atoms with E-state index < -0.39 is 0 Å². The summed E-state index contributed by atoms with van der Waals surface area (Å²) >= 11 is 0. The maximum Gasteiger partial charge on any atom is 2.00 e. The Bertz CT molecular complexity index is 108. The fraction of sp³-hybridized carbons (Fsp3) is 0.500. The Balaban J connectivity index is -0.00000000908. The van der Waals surface area contributed by atoms with Crippen LogP contribution in [-0.4, -0.2) is 26.2 Å². The SMILES string of the molecule is NCCN.NCCN.[Au+].[Au+].[C-]#N.[C-]#N.[C-]#N.[C-]#N.[Cd+2]. The third kappa shape index (κ3) is 985. The van der Waals surface area contributed by atoms with Gasteiger partial charge in [0.1, 0.15) is 0 Å². The number of nitrogens with zero attached hydrogens (tertiary/aromatic N) is 4. The number of nitrogens with two attached hydrogens (primary N) is 4. The van der Waals surface area contributed by atoms with Crippen molar-refractivity contribution in [3.8, 4) is 0 Å². The molecule has 0 heterocycles. The summed E-state index contributed by atoms with van der Waals surface area (Å²) in [6, 6.07) is 0. The average molecular weight is 731 g/mol. The molecule has 11 heteroatoms. The minimum absolute atomic E-state index is 0. The molecule has 0 amide bonds. The molecule has 0 spiro atoms. The Labute approximate surface area is 167 Å². The molecule has 0 aliphatic rings. The molecule has 0 aromatic rings. The van der Waals surface area contributed by atoms with E-state index in [9.17, 15) is 0 Å². The summed E-state index contributed by atoms with van der Waals surface area (Å²) in [6.45, 7) is 21.4. The van der Waals surface area contributed by atoms with Gasteiger partial charge in [-0.2, -0.15) is 0 Å². The van der Waals surface area contributed by atoms with Crippen molar-refractivity contribution < 1.29 is 72.1 Å². The Kier molecular flexibility index (Phi) is 981. The van der Waals surface area contributed by atoms with E-state index in [4.69, 9.17) is 70.3 Å². The van der Waals surface area contributed by atoms with E-state index in [0.29, 0.717) is 26.2 Å². The van der Waals surface area contributed by atoms with Gasteiger partial charge in [-0.05, 0) is 0 Å². The first-order chi connectivity index (χ1) is 7.83. The smallest absolute Gasteiger partial charge is 0.512 e. The van der Waals surface area contributed by atoms with Crippen LogP contribution in [0, 0.1) is 47.3 Å². The second-order valence-corrected chi connectivity index (χ2v) is 1.15. The summed E-state index contributed by atoms with van der Waals surface area (Å²) in [5.74, 6) is 0. The van der Waals surface area contributed by atoms with Crippen LogP contribution in [0.25, 0.3) is 0 Å². The van der Waals surface area contributed by atoms with Crippen molar-refractivity contribution in [2.24, 2.45) is 22.9 Å². The van der Waals surface area contributed by atoms with Crippen LogP contribution in [0.5, 0.6) is 0 Å². The molecule has 8 nitrogen and oxygen atoms in total. The van der Waals surface area contributed by atoms with Crippen molar-refractivity contribution in [3.05, 3.63) is 26.3 Å². The third-order valence-electron chi connectivity index (χ3n) is 0.333. The molecule has 0 rings (SSSR count). The van der Waals surface area contributed by atoms with E-state index >= 15 is 0 Å². The number of hydrogen-bond acceptors (Lipinski definition) is 8. The predicted molar refractivity (Wildman–Crippen MR) is 56.1 cm³/mol. The van der Waals surface area contributed by atoms with E-state index in [-0.39, 0.29) is 72.1 Å². The predicted octanol–water partition coefficient (Wildman–Crippen LogP) is -1.81. The summed E-state index contributed by atoms with van der Waals surface area (Å²) < 4.78 is 0. The molecule has 0 bridgehead atoms. The Morgan fingerprint density at radius 1 is 0.474 bits per heavy atom. The summed E-state index contributed by atoms with van der Waals surface area (Å²) in [6.07, 6.45) is 0. The minimum Gasteiger partial charge on any atom is -0.512 e. The van der Waals surface area contributed by atoms with Gasteiger partial charge in [0.15, 0.2) is 0 Å². The first-order valence-corrected chi connectivity index (χ1v) is 3.53. The second-order valence-electron chi connectivity index (χ2n) is 1.15. The van der Waals surface area contributed by atoms with Gasteiger partial charge in [-0.15, -0.1) is 0 Å². The third-order valence-corrected chi connectivity index (χ3v) is 0.333. The molecule has 0 radical (unpaired) electrons. The van der Waals surface area contributed by atoms with Crippen LogP contribution >= 0.6 is 0 Å². The average Bonchev–Trinajstić information content (AvgIpc) is 2.47. The van der Waals surface area contributed by atoms with Crippen molar-refractivity contribution in [2.45, 2.75) is 0 Å². The molecule has 0 unspecified atom stereocenters. The Hall–Kier alpha value is 0.203. The summed E-state index contributed by atoms with van der Waals surface area (Å²) in [7, 11) is 0. The van der Waals surface area contributed by atoms with Gasteiger partial charge in [-0.25, -0.2) is 0 Å². The fourth-order valence-corrected chi connectivity index (χ4v) is 0. The second kappa shape index (κ2) is 305. The van der Waals surface area contributed by atoms with Crippen molar-refractivity contribution in [2.75, 3.05) is 26.2 Å². The van der Waals surface area contributed by atoms with Gasteiger partial charge in [0.2, 0.25) is 0 Å². The maximum atomic E-state index is 6.25. The maximum absolute atomic E-state index is 6.25. The molecule has 0 fully saturated rings. The van der Waals surface area contributed by atoms with Crippen LogP contribution in [0.4, 0.5) is 0 Å². The van der Waals surface area contributed by atoms with Gasteiger partial charge < -0.3 is 70.3 Å². The number of rotatable bonds is 2. The molecule has 0 aliphatic heterocycles. The first kappa shape index (κ1) is 61.1. The standard InChI is InChI=1S/2C2H8N2.4CN.2Au.Cd/c2*3-1-2-4;4*1-2;;;/h2*1-4H2;;;;;;;/q;;4*-1;2*+1;+2. The molecule has 0 atom stereocenters. The number of hydrogen-bond donors (Lipinski definition) is 4. The monoisotopic (exact) mass is 732 g/mol. The van der Waals surface area contributed by atoms with Gasteiger partial charge in [0.25, 0.3) is 0 Å². The minimum atomic E-state index is 0. The molecule has 8 N–H and O–H groups in total. The summed E-state index contributed by atoms with van der Waals surface area (Å²) in [5, 5.41) is 25.0. The molecule has 19 heavy (non-hydrogen) atoms. The van der Waals surface area contributed by atoms with E-state index in [0.717, 1.165) is 0 Å². The molecule has 112 valence electrons. The van der Waals surface area contributed by atoms with Gasteiger partial charge in [0.05, 0.1) is 0 Å². The summed E-state index contributed by atoms with van der Waals surface area (Å²) in [4.78, 5) is 0. The zero-order valence-corrected chi connectivity index (χ0v) is 18.6. The van der Waals surface area contributed by atoms with Crippen molar-refractivity contribution in [1.29, 1.82) is 21.0 Å². The van der Waals surface area contributed by atoms with Gasteiger partial charge in [-0.3, -0.25) is 0 Å². The van der Waals surface area contributed by atoms with Crippen LogP contribution in [-0.2, 0) is 72.1 Å². The Morgan fingerprint density at radius 3 is 0.526 bits per heavy atom. The zero-order chi connectivity index (χ0) is 14.8. The van der Waals surface area contributed by atoms with Crippen LogP contribution in [0.15, 0.2) is 0 Å². The largest absolute Gasteiger partial charge is 2.00 e. The molecular formula is C8H16Au2CdN8. The quantitative estimate of drug-likeness (QED) is 0.188. The van der Waals surface area contributed by atoms with Gasteiger partial charge >= 0.3 is 72.1 Å². The van der Waals surface area contributed by atoms with Crippen molar-refractivity contribution >= 4 is 0 Å². The molecule has 0 aliphatic carbocycles. The van der Waals surface area contributed by atoms with E-state index in [1.807, 2.05) is 0 Å². The molecule has 0 aromatic heterocycles. The molecular weight excluding hydrogens is 714 g/mol. The summed E-state index contributed by atoms with van der Waals surface area (Å²) in [5.41, 5.74) is 19.6. The topological polar surface area (TPSA) is 199 Å². The van der Waals surface area contributed by atoms with Crippen LogP contribution in [0.2, 0.25) is 0 Å². The van der Waals surface area contributed by atoms with E-state index in [1.165, 1.54) is 0 Å². The van der Waals surface area contributed by atoms with Gasteiger partial charge in [-0.1, -0.05) is 0 Å². The van der Waals surface area contributed by atoms with Crippen LogP contribution in [0.3, 0.4) is 0 Å². The molecule has 0 saturated heterocycles.